The zero-order valence-corrected chi connectivity index (χ0v) is 9.88. The Hall–Kier alpha value is -0.383. The number of ether oxygens (including phenoxy) is 1. The summed E-state index contributed by atoms with van der Waals surface area (Å²) in [6.07, 6.45) is 5.72. The standard InChI is InChI=1S/C10H20O2Si/c1-5-8-11-9-6-7-10-12-13(2,3)4/h5-7H,1,8-10H2,2-4H3. The largest absolute Gasteiger partial charge is 0.414 e. The topological polar surface area (TPSA) is 18.5 Å². The number of rotatable bonds is 7. The average Bonchev–Trinajstić information content (AvgIpc) is 2.01. The molecule has 0 fully saturated rings. The molecule has 0 rings (SSSR count). The first kappa shape index (κ1) is 12.6. The summed E-state index contributed by atoms with van der Waals surface area (Å²) in [6.45, 7) is 12.0. The van der Waals surface area contributed by atoms with Gasteiger partial charge in [0.05, 0.1) is 19.8 Å². The molecule has 0 saturated heterocycles. The molecule has 0 heterocycles. The van der Waals surface area contributed by atoms with Crippen LogP contribution in [-0.4, -0.2) is 28.1 Å². The summed E-state index contributed by atoms with van der Waals surface area (Å²) in [5.41, 5.74) is 0. The van der Waals surface area contributed by atoms with Gasteiger partial charge in [-0.3, -0.25) is 0 Å². The SMILES string of the molecule is C=CCOCC=CCO[Si](C)(C)C. The molecule has 0 aromatic rings. The first-order valence-electron chi connectivity index (χ1n) is 4.54. The molecule has 0 radical (unpaired) electrons. The second-order valence-corrected chi connectivity index (χ2v) is 8.23. The second kappa shape index (κ2) is 7.06. The van der Waals surface area contributed by atoms with Crippen molar-refractivity contribution >= 4 is 8.32 Å². The summed E-state index contributed by atoms with van der Waals surface area (Å²) in [5, 5.41) is 0. The molecule has 0 unspecified atom stereocenters. The minimum absolute atomic E-state index is 0.610. The molecule has 3 heteroatoms. The van der Waals surface area contributed by atoms with Crippen LogP contribution in [0.2, 0.25) is 19.6 Å². The molecular weight excluding hydrogens is 180 g/mol. The molecule has 13 heavy (non-hydrogen) atoms. The molecule has 0 aliphatic rings. The molecule has 2 nitrogen and oxygen atoms in total. The van der Waals surface area contributed by atoms with Gasteiger partial charge in [-0.05, 0) is 19.6 Å². The van der Waals surface area contributed by atoms with E-state index in [1.54, 1.807) is 6.08 Å². The molecule has 0 aliphatic heterocycles. The normalized spacial score (nSPS) is 12.2. The van der Waals surface area contributed by atoms with Gasteiger partial charge >= 0.3 is 0 Å². The molecule has 0 aromatic heterocycles. The Labute approximate surface area is 82.4 Å². The molecule has 76 valence electrons. The van der Waals surface area contributed by atoms with E-state index in [1.165, 1.54) is 0 Å². The van der Waals surface area contributed by atoms with Crippen LogP contribution in [0.3, 0.4) is 0 Å². The van der Waals surface area contributed by atoms with Gasteiger partial charge in [0.15, 0.2) is 8.32 Å². The highest BCUT2D eigenvalue weighted by molar-refractivity contribution is 6.69. The smallest absolute Gasteiger partial charge is 0.184 e. The van der Waals surface area contributed by atoms with E-state index < -0.39 is 8.32 Å². The van der Waals surface area contributed by atoms with Crippen LogP contribution in [0.4, 0.5) is 0 Å². The maximum atomic E-state index is 5.61. The average molecular weight is 200 g/mol. The first-order valence-corrected chi connectivity index (χ1v) is 7.94. The van der Waals surface area contributed by atoms with Gasteiger partial charge in [0.1, 0.15) is 0 Å². The van der Waals surface area contributed by atoms with E-state index in [0.717, 1.165) is 0 Å². The van der Waals surface area contributed by atoms with E-state index >= 15 is 0 Å². The van der Waals surface area contributed by atoms with Gasteiger partial charge < -0.3 is 9.16 Å². The molecule has 0 N–H and O–H groups in total. The Balaban J connectivity index is 3.27. The lowest BCUT2D eigenvalue weighted by atomic mass is 10.5. The third-order valence-corrected chi connectivity index (χ3v) is 2.26. The van der Waals surface area contributed by atoms with Gasteiger partial charge in [0.25, 0.3) is 0 Å². The minimum atomic E-state index is -1.34. The summed E-state index contributed by atoms with van der Waals surface area (Å²) >= 11 is 0. The number of hydrogen-bond acceptors (Lipinski definition) is 2. The Morgan fingerprint density at radius 2 is 1.69 bits per heavy atom. The minimum Gasteiger partial charge on any atom is -0.414 e. The fourth-order valence-corrected chi connectivity index (χ4v) is 1.25. The van der Waals surface area contributed by atoms with Gasteiger partial charge in [0.2, 0.25) is 0 Å². The first-order chi connectivity index (χ1) is 6.06. The summed E-state index contributed by atoms with van der Waals surface area (Å²) < 4.78 is 10.8. The molecule has 0 atom stereocenters. The summed E-state index contributed by atoms with van der Waals surface area (Å²) in [7, 11) is -1.34. The van der Waals surface area contributed by atoms with Crippen LogP contribution in [0.15, 0.2) is 24.8 Å². The lowest BCUT2D eigenvalue weighted by Gasteiger charge is -2.14. The van der Waals surface area contributed by atoms with Crippen molar-refractivity contribution in [2.45, 2.75) is 19.6 Å². The van der Waals surface area contributed by atoms with E-state index in [4.69, 9.17) is 9.16 Å². The molecule has 0 aromatic carbocycles. The molecular formula is C10H20O2Si. The van der Waals surface area contributed by atoms with Crippen molar-refractivity contribution in [3.8, 4) is 0 Å². The van der Waals surface area contributed by atoms with Crippen LogP contribution < -0.4 is 0 Å². The maximum Gasteiger partial charge on any atom is 0.184 e. The Morgan fingerprint density at radius 3 is 2.23 bits per heavy atom. The van der Waals surface area contributed by atoms with Gasteiger partial charge in [-0.15, -0.1) is 6.58 Å². The summed E-state index contributed by atoms with van der Waals surface area (Å²) in [6, 6.07) is 0. The van der Waals surface area contributed by atoms with Crippen molar-refractivity contribution in [3.05, 3.63) is 24.8 Å². The molecule has 0 spiro atoms. The van der Waals surface area contributed by atoms with Crippen molar-refractivity contribution in [2.75, 3.05) is 19.8 Å². The highest BCUT2D eigenvalue weighted by atomic mass is 28.4. The fourth-order valence-electron chi connectivity index (χ4n) is 0.654. The van der Waals surface area contributed by atoms with Crippen LogP contribution in [0.5, 0.6) is 0 Å². The van der Waals surface area contributed by atoms with E-state index in [0.29, 0.717) is 19.8 Å². The Kier molecular flexibility index (Phi) is 6.85. The van der Waals surface area contributed by atoms with Crippen LogP contribution in [0.25, 0.3) is 0 Å². The van der Waals surface area contributed by atoms with Crippen LogP contribution in [0, 0.1) is 0 Å². The monoisotopic (exact) mass is 200 g/mol. The molecule has 0 bridgehead atoms. The van der Waals surface area contributed by atoms with Crippen LogP contribution in [-0.2, 0) is 9.16 Å². The summed E-state index contributed by atoms with van der Waals surface area (Å²) in [4.78, 5) is 0. The Bertz CT molecular complexity index is 159. The van der Waals surface area contributed by atoms with E-state index in [-0.39, 0.29) is 0 Å². The zero-order chi connectivity index (χ0) is 10.2. The number of hydrogen-bond donors (Lipinski definition) is 0. The molecule has 0 amide bonds. The summed E-state index contributed by atoms with van der Waals surface area (Å²) in [5.74, 6) is 0. The van der Waals surface area contributed by atoms with Crippen LogP contribution in [0.1, 0.15) is 0 Å². The van der Waals surface area contributed by atoms with Crippen molar-refractivity contribution in [1.29, 1.82) is 0 Å². The van der Waals surface area contributed by atoms with E-state index in [1.807, 2.05) is 12.2 Å². The van der Waals surface area contributed by atoms with Crippen molar-refractivity contribution in [3.63, 3.8) is 0 Å². The maximum absolute atomic E-state index is 5.61. The van der Waals surface area contributed by atoms with Gasteiger partial charge in [-0.2, -0.15) is 0 Å². The quantitative estimate of drug-likeness (QED) is 0.357. The zero-order valence-electron chi connectivity index (χ0n) is 8.88. The van der Waals surface area contributed by atoms with Crippen LogP contribution >= 0.6 is 0 Å². The molecule has 0 saturated carbocycles. The lowest BCUT2D eigenvalue weighted by Crippen LogP contribution is -2.25. The fraction of sp³-hybridized carbons (Fsp3) is 0.600. The van der Waals surface area contributed by atoms with Gasteiger partial charge in [-0.1, -0.05) is 18.2 Å². The Morgan fingerprint density at radius 1 is 1.08 bits per heavy atom. The van der Waals surface area contributed by atoms with E-state index in [2.05, 4.69) is 26.2 Å². The highest BCUT2D eigenvalue weighted by Gasteiger charge is 2.11. The van der Waals surface area contributed by atoms with E-state index in [9.17, 15) is 0 Å². The third-order valence-electron chi connectivity index (χ3n) is 1.23. The van der Waals surface area contributed by atoms with Crippen molar-refractivity contribution in [1.82, 2.24) is 0 Å². The van der Waals surface area contributed by atoms with Gasteiger partial charge in [-0.25, -0.2) is 0 Å². The lowest BCUT2D eigenvalue weighted by molar-refractivity contribution is 0.193. The highest BCUT2D eigenvalue weighted by Crippen LogP contribution is 2.01. The van der Waals surface area contributed by atoms with Gasteiger partial charge in [0, 0.05) is 0 Å². The predicted molar refractivity (Wildman–Crippen MR) is 59.5 cm³/mol. The van der Waals surface area contributed by atoms with Crippen molar-refractivity contribution in [2.24, 2.45) is 0 Å². The molecule has 0 aliphatic carbocycles. The third kappa shape index (κ3) is 11.6. The second-order valence-electron chi connectivity index (χ2n) is 3.72. The van der Waals surface area contributed by atoms with Crippen molar-refractivity contribution < 1.29 is 9.16 Å². The predicted octanol–water partition coefficient (Wildman–Crippen LogP) is 2.60.